The summed E-state index contributed by atoms with van der Waals surface area (Å²) in [7, 11) is -1.84. The van der Waals surface area contributed by atoms with Crippen molar-refractivity contribution in [2.45, 2.75) is 12.2 Å². The van der Waals surface area contributed by atoms with Gasteiger partial charge in [-0.15, -0.1) is 0 Å². The molecule has 0 saturated heterocycles. The van der Waals surface area contributed by atoms with Crippen LogP contribution in [0.3, 0.4) is 0 Å². The highest BCUT2D eigenvalue weighted by Gasteiger charge is 2.20. The van der Waals surface area contributed by atoms with E-state index in [-0.39, 0.29) is 22.8 Å². The number of hydrogen-bond acceptors (Lipinski definition) is 5. The Balaban J connectivity index is 2.69. The van der Waals surface area contributed by atoms with Crippen LogP contribution in [0.5, 0.6) is 0 Å². The Kier molecular flexibility index (Phi) is 4.71. The van der Waals surface area contributed by atoms with Gasteiger partial charge in [0, 0.05) is 19.3 Å². The van der Waals surface area contributed by atoms with Gasteiger partial charge < -0.3 is 14.3 Å². The number of carboxylic acid groups (broad SMARTS) is 1. The quantitative estimate of drug-likeness (QED) is 0.734. The maximum Gasteiger partial charge on any atom is 0.372 e. The Bertz CT molecular complexity index is 473. The zero-order chi connectivity index (χ0) is 12.9. The third kappa shape index (κ3) is 4.20. The van der Waals surface area contributed by atoms with Crippen molar-refractivity contribution in [1.82, 2.24) is 0 Å². The fourth-order valence-corrected chi connectivity index (χ4v) is 2.77. The fourth-order valence-electron chi connectivity index (χ4n) is 1.37. The maximum absolute atomic E-state index is 11.7. The summed E-state index contributed by atoms with van der Waals surface area (Å²) in [6.07, 6.45) is 1.56. The molecule has 0 bridgehead atoms. The average molecular weight is 262 g/mol. The predicted octanol–water partition coefficient (Wildman–Crippen LogP) is 0.929. The third-order valence-electron chi connectivity index (χ3n) is 2.12. The van der Waals surface area contributed by atoms with Crippen LogP contribution in [0, 0.1) is 0 Å². The molecule has 17 heavy (non-hydrogen) atoms. The molecular weight excluding hydrogens is 248 g/mol. The van der Waals surface area contributed by atoms with E-state index in [1.807, 2.05) is 0 Å². The van der Waals surface area contributed by atoms with Gasteiger partial charge in [0.25, 0.3) is 0 Å². The van der Waals surface area contributed by atoms with Gasteiger partial charge in [-0.1, -0.05) is 0 Å². The van der Waals surface area contributed by atoms with Crippen LogP contribution < -0.4 is 0 Å². The highest BCUT2D eigenvalue weighted by Crippen LogP contribution is 2.15. The number of carboxylic acids is 1. The van der Waals surface area contributed by atoms with E-state index in [1.165, 1.54) is 19.4 Å². The molecule has 1 heterocycles. The molecule has 0 atom stereocenters. The van der Waals surface area contributed by atoms with E-state index in [0.717, 1.165) is 0 Å². The van der Waals surface area contributed by atoms with Gasteiger partial charge in [0.05, 0.1) is 17.8 Å². The fraction of sp³-hybridized carbons (Fsp3) is 0.500. The van der Waals surface area contributed by atoms with Crippen LogP contribution in [0.1, 0.15) is 22.5 Å². The minimum atomic E-state index is -3.34. The van der Waals surface area contributed by atoms with Crippen LogP contribution in [-0.4, -0.2) is 39.0 Å². The topological polar surface area (TPSA) is 93.8 Å². The summed E-state index contributed by atoms with van der Waals surface area (Å²) in [6, 6.07) is 1.36. The molecule has 96 valence electrons. The van der Waals surface area contributed by atoms with Crippen molar-refractivity contribution in [2.24, 2.45) is 0 Å². The van der Waals surface area contributed by atoms with Crippen LogP contribution in [0.15, 0.2) is 16.7 Å². The zero-order valence-electron chi connectivity index (χ0n) is 9.38. The van der Waals surface area contributed by atoms with Crippen molar-refractivity contribution in [3.8, 4) is 0 Å². The van der Waals surface area contributed by atoms with Gasteiger partial charge in [0.1, 0.15) is 0 Å². The van der Waals surface area contributed by atoms with Crippen LogP contribution in [0.2, 0.25) is 0 Å². The molecule has 0 unspecified atom stereocenters. The van der Waals surface area contributed by atoms with Gasteiger partial charge in [0.2, 0.25) is 5.76 Å². The van der Waals surface area contributed by atoms with Crippen molar-refractivity contribution in [3.63, 3.8) is 0 Å². The standard InChI is InChI=1S/C10H14O6S/c1-15-4-2-6-17(13,14)7-8-3-5-16-9(8)10(11)12/h3,5H,2,4,6-7H2,1H3,(H,11,12). The van der Waals surface area contributed by atoms with Gasteiger partial charge in [-0.05, 0) is 12.5 Å². The first-order valence-electron chi connectivity index (χ1n) is 4.95. The van der Waals surface area contributed by atoms with Gasteiger partial charge >= 0.3 is 5.97 Å². The summed E-state index contributed by atoms with van der Waals surface area (Å²) in [5.41, 5.74) is 0.176. The third-order valence-corrected chi connectivity index (χ3v) is 3.78. The van der Waals surface area contributed by atoms with Crippen molar-refractivity contribution in [1.29, 1.82) is 0 Å². The van der Waals surface area contributed by atoms with Gasteiger partial charge in [0.15, 0.2) is 9.84 Å². The van der Waals surface area contributed by atoms with E-state index in [2.05, 4.69) is 0 Å². The predicted molar refractivity (Wildman–Crippen MR) is 59.7 cm³/mol. The first-order valence-corrected chi connectivity index (χ1v) is 6.77. The molecule has 0 fully saturated rings. The molecule has 0 radical (unpaired) electrons. The van der Waals surface area contributed by atoms with Crippen molar-refractivity contribution in [2.75, 3.05) is 19.5 Å². The lowest BCUT2D eigenvalue weighted by Crippen LogP contribution is -2.12. The number of rotatable bonds is 7. The van der Waals surface area contributed by atoms with E-state index in [0.29, 0.717) is 13.0 Å². The molecule has 0 amide bonds. The largest absolute Gasteiger partial charge is 0.475 e. The highest BCUT2D eigenvalue weighted by molar-refractivity contribution is 7.90. The molecule has 0 aromatic carbocycles. The van der Waals surface area contributed by atoms with E-state index < -0.39 is 15.8 Å². The first kappa shape index (κ1) is 13.7. The molecule has 7 heteroatoms. The van der Waals surface area contributed by atoms with Crippen LogP contribution in [-0.2, 0) is 20.3 Å². The first-order chi connectivity index (χ1) is 7.96. The van der Waals surface area contributed by atoms with E-state index >= 15 is 0 Å². The summed E-state index contributed by atoms with van der Waals surface area (Å²) >= 11 is 0. The summed E-state index contributed by atoms with van der Waals surface area (Å²) in [4.78, 5) is 10.7. The molecule has 1 aromatic heterocycles. The molecule has 0 spiro atoms. The lowest BCUT2D eigenvalue weighted by atomic mass is 10.3. The second-order valence-electron chi connectivity index (χ2n) is 3.52. The molecular formula is C10H14O6S. The van der Waals surface area contributed by atoms with Crippen molar-refractivity contribution >= 4 is 15.8 Å². The maximum atomic E-state index is 11.7. The summed E-state index contributed by atoms with van der Waals surface area (Å²) in [6.45, 7) is 0.358. The number of aromatic carboxylic acids is 1. The number of furan rings is 1. The summed E-state index contributed by atoms with van der Waals surface area (Å²) < 4.78 is 32.8. The molecule has 0 aliphatic carbocycles. The van der Waals surface area contributed by atoms with Gasteiger partial charge in [-0.2, -0.15) is 0 Å². The lowest BCUT2D eigenvalue weighted by Gasteiger charge is -2.03. The van der Waals surface area contributed by atoms with Gasteiger partial charge in [-0.25, -0.2) is 13.2 Å². The Morgan fingerprint density at radius 2 is 2.24 bits per heavy atom. The summed E-state index contributed by atoms with van der Waals surface area (Å²) in [5, 5.41) is 8.76. The molecule has 6 nitrogen and oxygen atoms in total. The number of methoxy groups -OCH3 is 1. The Morgan fingerprint density at radius 3 is 2.82 bits per heavy atom. The highest BCUT2D eigenvalue weighted by atomic mass is 32.2. The number of carbonyl (C=O) groups is 1. The average Bonchev–Trinajstić information content (AvgIpc) is 2.65. The van der Waals surface area contributed by atoms with E-state index in [1.54, 1.807) is 0 Å². The second kappa shape index (κ2) is 5.83. The minimum Gasteiger partial charge on any atom is -0.475 e. The normalized spacial score (nSPS) is 11.6. The smallest absolute Gasteiger partial charge is 0.372 e. The van der Waals surface area contributed by atoms with E-state index in [4.69, 9.17) is 14.3 Å². The second-order valence-corrected chi connectivity index (χ2v) is 5.70. The van der Waals surface area contributed by atoms with Crippen LogP contribution in [0.25, 0.3) is 0 Å². The van der Waals surface area contributed by atoms with Crippen molar-refractivity contribution in [3.05, 3.63) is 23.7 Å². The lowest BCUT2D eigenvalue weighted by molar-refractivity contribution is 0.0661. The van der Waals surface area contributed by atoms with Crippen LogP contribution >= 0.6 is 0 Å². The van der Waals surface area contributed by atoms with Crippen LogP contribution in [0.4, 0.5) is 0 Å². The monoisotopic (exact) mass is 262 g/mol. The minimum absolute atomic E-state index is 0.0366. The zero-order valence-corrected chi connectivity index (χ0v) is 10.2. The van der Waals surface area contributed by atoms with E-state index in [9.17, 15) is 13.2 Å². The number of ether oxygens (including phenoxy) is 1. The number of hydrogen-bond donors (Lipinski definition) is 1. The van der Waals surface area contributed by atoms with Crippen molar-refractivity contribution < 1.29 is 27.5 Å². The Morgan fingerprint density at radius 1 is 1.53 bits per heavy atom. The molecule has 1 aromatic rings. The molecule has 1 N–H and O–H groups in total. The summed E-state index contributed by atoms with van der Waals surface area (Å²) in [5.74, 6) is -1.95. The van der Waals surface area contributed by atoms with Gasteiger partial charge in [-0.3, -0.25) is 0 Å². The molecule has 1 rings (SSSR count). The SMILES string of the molecule is COCCCS(=O)(=O)Cc1ccoc1C(=O)O. The number of sulfone groups is 1. The molecule has 0 aliphatic rings. The molecule has 0 aliphatic heterocycles. The Labute approximate surface area is 99.1 Å². The molecule has 0 saturated carbocycles. The Hall–Kier alpha value is -1.34.